The second-order valence-corrected chi connectivity index (χ2v) is 9.00. The zero-order valence-electron chi connectivity index (χ0n) is 16.8. The Hall–Kier alpha value is -3.39. The van der Waals surface area contributed by atoms with Crippen LogP contribution in [0.5, 0.6) is 5.75 Å². The number of rotatable bonds is 5. The van der Waals surface area contributed by atoms with Crippen molar-refractivity contribution in [2.45, 2.75) is 17.7 Å². The Balaban J connectivity index is 1.66. The van der Waals surface area contributed by atoms with Crippen molar-refractivity contribution in [2.75, 3.05) is 23.3 Å². The molecule has 8 heteroatoms. The highest BCUT2D eigenvalue weighted by Crippen LogP contribution is 2.34. The summed E-state index contributed by atoms with van der Waals surface area (Å²) in [5.74, 6) is -0.656. The zero-order valence-corrected chi connectivity index (χ0v) is 17.7. The van der Waals surface area contributed by atoms with Crippen LogP contribution in [0.3, 0.4) is 0 Å². The molecule has 1 heterocycles. The Morgan fingerprint density at radius 3 is 2.52 bits per heavy atom. The van der Waals surface area contributed by atoms with Crippen LogP contribution in [-0.4, -0.2) is 28.0 Å². The van der Waals surface area contributed by atoms with E-state index in [-0.39, 0.29) is 10.5 Å². The van der Waals surface area contributed by atoms with E-state index in [0.29, 0.717) is 30.1 Å². The minimum Gasteiger partial charge on any atom is -0.497 e. The maximum Gasteiger partial charge on any atom is 0.264 e. The molecule has 160 valence electrons. The van der Waals surface area contributed by atoms with Gasteiger partial charge in [-0.2, -0.15) is 0 Å². The second-order valence-electron chi connectivity index (χ2n) is 7.13. The Kier molecular flexibility index (Phi) is 5.65. The Morgan fingerprint density at radius 1 is 1.06 bits per heavy atom. The van der Waals surface area contributed by atoms with E-state index in [1.807, 2.05) is 0 Å². The molecule has 4 rings (SSSR count). The average Bonchev–Trinajstić information content (AvgIpc) is 2.78. The van der Waals surface area contributed by atoms with Gasteiger partial charge in [-0.05, 0) is 66.9 Å². The fourth-order valence-electron chi connectivity index (χ4n) is 3.59. The van der Waals surface area contributed by atoms with Crippen LogP contribution in [-0.2, 0) is 16.4 Å². The van der Waals surface area contributed by atoms with E-state index in [9.17, 15) is 17.6 Å². The van der Waals surface area contributed by atoms with E-state index in [2.05, 4.69) is 5.32 Å². The normalized spacial score (nSPS) is 13.4. The summed E-state index contributed by atoms with van der Waals surface area (Å²) in [6.45, 7) is 0.325. The number of benzene rings is 3. The number of sulfonamides is 1. The van der Waals surface area contributed by atoms with Crippen molar-refractivity contribution in [3.8, 4) is 5.75 Å². The van der Waals surface area contributed by atoms with Gasteiger partial charge in [0.05, 0.1) is 23.3 Å². The van der Waals surface area contributed by atoms with Gasteiger partial charge in [0.1, 0.15) is 11.6 Å². The molecule has 0 bridgehead atoms. The minimum absolute atomic E-state index is 0.0806. The van der Waals surface area contributed by atoms with Gasteiger partial charge in [-0.25, -0.2) is 12.8 Å². The van der Waals surface area contributed by atoms with Crippen LogP contribution < -0.4 is 14.4 Å². The first-order valence-electron chi connectivity index (χ1n) is 9.76. The predicted molar refractivity (Wildman–Crippen MR) is 117 cm³/mol. The molecule has 0 radical (unpaired) electrons. The van der Waals surface area contributed by atoms with Gasteiger partial charge in [0, 0.05) is 12.2 Å². The van der Waals surface area contributed by atoms with Gasteiger partial charge in [-0.15, -0.1) is 0 Å². The lowest BCUT2D eigenvalue weighted by atomic mass is 10.0. The van der Waals surface area contributed by atoms with E-state index in [1.165, 1.54) is 41.7 Å². The lowest BCUT2D eigenvalue weighted by molar-refractivity contribution is 0.102. The highest BCUT2D eigenvalue weighted by Gasteiger charge is 2.29. The van der Waals surface area contributed by atoms with E-state index in [4.69, 9.17) is 4.74 Å². The fraction of sp³-hybridized carbons (Fsp3) is 0.174. The van der Waals surface area contributed by atoms with Crippen molar-refractivity contribution in [2.24, 2.45) is 0 Å². The Bertz CT molecular complexity index is 1230. The molecule has 1 amide bonds. The van der Waals surface area contributed by atoms with Crippen molar-refractivity contribution in [1.29, 1.82) is 0 Å². The molecule has 0 fully saturated rings. The van der Waals surface area contributed by atoms with Crippen LogP contribution in [0.1, 0.15) is 22.3 Å². The summed E-state index contributed by atoms with van der Waals surface area (Å²) < 4.78 is 47.0. The molecule has 3 aromatic rings. The number of fused-ring (bicyclic) bond motifs is 1. The summed E-state index contributed by atoms with van der Waals surface area (Å²) in [6, 6.07) is 17.0. The maximum absolute atomic E-state index is 13.9. The van der Waals surface area contributed by atoms with Crippen molar-refractivity contribution in [3.63, 3.8) is 0 Å². The number of nitrogens with zero attached hydrogens (tertiary/aromatic N) is 1. The molecule has 1 aliphatic heterocycles. The number of hydrogen-bond donors (Lipinski definition) is 1. The summed E-state index contributed by atoms with van der Waals surface area (Å²) in [6.07, 6.45) is 1.41. The van der Waals surface area contributed by atoms with Gasteiger partial charge in [0.2, 0.25) is 0 Å². The third kappa shape index (κ3) is 4.11. The van der Waals surface area contributed by atoms with Crippen LogP contribution in [0.4, 0.5) is 15.8 Å². The van der Waals surface area contributed by atoms with Gasteiger partial charge in [-0.3, -0.25) is 9.10 Å². The van der Waals surface area contributed by atoms with Gasteiger partial charge in [0.15, 0.2) is 0 Å². The van der Waals surface area contributed by atoms with Crippen molar-refractivity contribution in [1.82, 2.24) is 0 Å². The molecule has 0 saturated heterocycles. The van der Waals surface area contributed by atoms with Crippen LogP contribution in [0, 0.1) is 5.82 Å². The molecule has 31 heavy (non-hydrogen) atoms. The van der Waals surface area contributed by atoms with Crippen molar-refractivity contribution in [3.05, 3.63) is 83.7 Å². The minimum atomic E-state index is -3.80. The van der Waals surface area contributed by atoms with Gasteiger partial charge < -0.3 is 10.1 Å². The van der Waals surface area contributed by atoms with Gasteiger partial charge >= 0.3 is 0 Å². The highest BCUT2D eigenvalue weighted by molar-refractivity contribution is 7.92. The largest absolute Gasteiger partial charge is 0.497 e. The quantitative estimate of drug-likeness (QED) is 0.644. The third-order valence-corrected chi connectivity index (χ3v) is 7.01. The van der Waals surface area contributed by atoms with Gasteiger partial charge in [0.25, 0.3) is 15.9 Å². The van der Waals surface area contributed by atoms with Crippen molar-refractivity contribution < 1.29 is 22.3 Å². The number of amides is 1. The molecule has 0 aliphatic carbocycles. The molecule has 0 saturated carbocycles. The number of nitrogens with one attached hydrogen (secondary N) is 1. The number of hydrogen-bond acceptors (Lipinski definition) is 4. The van der Waals surface area contributed by atoms with Gasteiger partial charge in [-0.1, -0.05) is 18.2 Å². The molecule has 6 nitrogen and oxygen atoms in total. The molecule has 3 aromatic carbocycles. The first-order chi connectivity index (χ1) is 14.9. The number of halogens is 1. The van der Waals surface area contributed by atoms with Crippen LogP contribution in [0.25, 0.3) is 0 Å². The predicted octanol–water partition coefficient (Wildman–Crippen LogP) is 4.23. The third-order valence-electron chi connectivity index (χ3n) is 5.19. The number of anilines is 2. The topological polar surface area (TPSA) is 75.7 Å². The maximum atomic E-state index is 13.9. The molecule has 0 unspecified atom stereocenters. The molecule has 0 spiro atoms. The first kappa shape index (κ1) is 20.9. The Morgan fingerprint density at radius 2 is 1.81 bits per heavy atom. The highest BCUT2D eigenvalue weighted by atomic mass is 32.2. The fourth-order valence-corrected chi connectivity index (χ4v) is 5.12. The molecule has 1 aliphatic rings. The summed E-state index contributed by atoms with van der Waals surface area (Å²) in [5.41, 5.74) is 1.69. The van der Waals surface area contributed by atoms with E-state index >= 15 is 0 Å². The summed E-state index contributed by atoms with van der Waals surface area (Å²) in [4.78, 5) is 12.6. The van der Waals surface area contributed by atoms with E-state index < -0.39 is 21.7 Å². The van der Waals surface area contributed by atoms with Crippen molar-refractivity contribution >= 4 is 27.3 Å². The standard InChI is InChI=1S/C23H21FN2O4S/c1-30-18-10-12-19(13-11-18)31(28,29)26-14-4-5-16-8-9-17(15-22(16)26)25-23(27)20-6-2-3-7-21(20)24/h2-3,6-13,15H,4-5,14H2,1H3,(H,25,27). The molecule has 0 aromatic heterocycles. The van der Waals surface area contributed by atoms with Crippen LogP contribution >= 0.6 is 0 Å². The number of methoxy groups -OCH3 is 1. The van der Waals surface area contributed by atoms with Crippen LogP contribution in [0.2, 0.25) is 0 Å². The number of carbonyl (C=O) groups excluding carboxylic acids is 1. The molecule has 1 N–H and O–H groups in total. The number of carbonyl (C=O) groups is 1. The molecular weight excluding hydrogens is 419 g/mol. The number of ether oxygens (including phenoxy) is 1. The number of aryl methyl sites for hydroxylation is 1. The lowest BCUT2D eigenvalue weighted by Crippen LogP contribution is -2.35. The van der Waals surface area contributed by atoms with E-state index in [1.54, 1.807) is 36.4 Å². The Labute approximate surface area is 180 Å². The van der Waals surface area contributed by atoms with E-state index in [0.717, 1.165) is 12.0 Å². The molecule has 0 atom stereocenters. The SMILES string of the molecule is COc1ccc(S(=O)(=O)N2CCCc3ccc(NC(=O)c4ccccc4F)cc32)cc1. The summed E-state index contributed by atoms with van der Waals surface area (Å²) in [7, 11) is -2.28. The molecular formula is C23H21FN2O4S. The monoisotopic (exact) mass is 440 g/mol. The summed E-state index contributed by atoms with van der Waals surface area (Å²) in [5, 5.41) is 2.66. The lowest BCUT2D eigenvalue weighted by Gasteiger charge is -2.31. The zero-order chi connectivity index (χ0) is 22.0. The average molecular weight is 440 g/mol. The first-order valence-corrected chi connectivity index (χ1v) is 11.2. The smallest absolute Gasteiger partial charge is 0.264 e. The van der Waals surface area contributed by atoms with Crippen LogP contribution in [0.15, 0.2) is 71.6 Å². The summed E-state index contributed by atoms with van der Waals surface area (Å²) >= 11 is 0. The second kappa shape index (κ2) is 8.39.